The van der Waals surface area contributed by atoms with Crippen LogP contribution in [0.2, 0.25) is 0 Å². The van der Waals surface area contributed by atoms with Crippen molar-refractivity contribution < 1.29 is 25.8 Å². The second kappa shape index (κ2) is 10.6. The summed E-state index contributed by atoms with van der Waals surface area (Å²) in [5, 5.41) is 0. The van der Waals surface area contributed by atoms with E-state index in [0.717, 1.165) is 12.3 Å². The number of piperazine rings is 1. The normalized spacial score (nSPS) is 22.9. The minimum Gasteiger partial charge on any atom is -0.368 e. The highest BCUT2D eigenvalue weighted by Gasteiger charge is 2.35. The van der Waals surface area contributed by atoms with Crippen LogP contribution >= 0.6 is 0 Å². The Morgan fingerprint density at radius 2 is 1.84 bits per heavy atom. The summed E-state index contributed by atoms with van der Waals surface area (Å²) in [5.41, 5.74) is 0.716. The Kier molecular flexibility index (Phi) is 8.23. The first-order valence-electron chi connectivity index (χ1n) is 11.7. The van der Waals surface area contributed by atoms with Crippen LogP contribution in [-0.4, -0.2) is 76.9 Å². The first-order chi connectivity index (χ1) is 17.1. The Balaban J connectivity index is 1.84. The van der Waals surface area contributed by atoms with Gasteiger partial charge >= 0.3 is 6.18 Å². The molecule has 37 heavy (non-hydrogen) atoms. The zero-order valence-electron chi connectivity index (χ0n) is 21.3. The maximum Gasteiger partial charge on any atom is 0.417 e. The lowest BCUT2D eigenvalue weighted by molar-refractivity contribution is -0.137. The van der Waals surface area contributed by atoms with E-state index in [9.17, 15) is 25.8 Å². The monoisotopic (exact) mass is 558 g/mol. The van der Waals surface area contributed by atoms with Gasteiger partial charge in [-0.3, -0.25) is 8.51 Å². The summed E-state index contributed by atoms with van der Waals surface area (Å²) >= 11 is 0. The fourth-order valence-corrected chi connectivity index (χ4v) is 7.61. The van der Waals surface area contributed by atoms with Crippen LogP contribution in [0, 0.1) is 0 Å². The molecular weight excluding hydrogens is 525 g/mol. The number of rotatable bonds is 7. The van der Waals surface area contributed by atoms with E-state index in [2.05, 4.69) is 24.0 Å². The highest BCUT2D eigenvalue weighted by molar-refractivity contribution is 8.03. The minimum absolute atomic E-state index is 0.0589. The van der Waals surface area contributed by atoms with Crippen molar-refractivity contribution in [3.05, 3.63) is 71.1 Å². The van der Waals surface area contributed by atoms with Gasteiger partial charge in [-0.15, -0.1) is 0 Å². The van der Waals surface area contributed by atoms with Gasteiger partial charge in [0.2, 0.25) is 10.0 Å². The van der Waals surface area contributed by atoms with Gasteiger partial charge in [0.05, 0.1) is 11.3 Å². The molecule has 2 aliphatic heterocycles. The number of allylic oxidation sites excluding steroid dienone is 3. The number of nitrogens with zero attached hydrogens (tertiary/aromatic N) is 4. The Bertz CT molecular complexity index is 1320. The van der Waals surface area contributed by atoms with Gasteiger partial charge in [0.1, 0.15) is 5.82 Å². The van der Waals surface area contributed by atoms with E-state index in [-0.39, 0.29) is 11.8 Å². The summed E-state index contributed by atoms with van der Waals surface area (Å²) in [7, 11) is -6.25. The van der Waals surface area contributed by atoms with Gasteiger partial charge in [-0.2, -0.15) is 13.2 Å². The number of halogens is 3. The smallest absolute Gasteiger partial charge is 0.368 e. The van der Waals surface area contributed by atoms with E-state index in [1.54, 1.807) is 19.1 Å². The molecule has 2 saturated heterocycles. The predicted molar refractivity (Wildman–Crippen MR) is 144 cm³/mol. The van der Waals surface area contributed by atoms with Crippen LogP contribution in [0.1, 0.15) is 25.8 Å². The number of anilines is 1. The molecule has 2 fully saturated rings. The van der Waals surface area contributed by atoms with Crippen molar-refractivity contribution in [2.75, 3.05) is 43.1 Å². The number of hydrogen-bond donors (Lipinski definition) is 0. The van der Waals surface area contributed by atoms with Gasteiger partial charge in [-0.05, 0) is 53.9 Å². The maximum absolute atomic E-state index is 13.2. The number of hydrogen-bond acceptors (Lipinski definition) is 6. The summed E-state index contributed by atoms with van der Waals surface area (Å²) in [6.45, 7) is 13.5. The third kappa shape index (κ3) is 6.40. The second-order valence-corrected chi connectivity index (χ2v) is 13.8. The van der Waals surface area contributed by atoms with E-state index < -0.39 is 31.3 Å². The maximum atomic E-state index is 13.2. The minimum atomic E-state index is -4.44. The number of pyridine rings is 1. The third-order valence-electron chi connectivity index (χ3n) is 6.49. The summed E-state index contributed by atoms with van der Waals surface area (Å²) in [6, 6.07) is 2.17. The van der Waals surface area contributed by atoms with Gasteiger partial charge in [0, 0.05) is 66.5 Å². The van der Waals surface area contributed by atoms with Crippen molar-refractivity contribution in [1.29, 1.82) is 0 Å². The average Bonchev–Trinajstić information content (AvgIpc) is 3.09. The molecule has 1 unspecified atom stereocenters. The molecule has 2 atom stereocenters. The molecule has 204 valence electrons. The molecule has 1 aromatic rings. The molecule has 7 nitrogen and oxygen atoms in total. The molecule has 0 amide bonds. The van der Waals surface area contributed by atoms with Crippen LogP contribution in [0.25, 0.3) is 0 Å². The molecule has 1 aromatic heterocycles. The van der Waals surface area contributed by atoms with Crippen LogP contribution in [0.15, 0.2) is 65.5 Å². The van der Waals surface area contributed by atoms with E-state index in [1.807, 2.05) is 16.7 Å². The lowest BCUT2D eigenvalue weighted by Crippen LogP contribution is -2.46. The average molecular weight is 559 g/mol. The van der Waals surface area contributed by atoms with Crippen LogP contribution in [0.3, 0.4) is 0 Å². The molecule has 0 radical (unpaired) electrons. The van der Waals surface area contributed by atoms with Crippen LogP contribution < -0.4 is 4.90 Å². The molecule has 0 aliphatic carbocycles. The van der Waals surface area contributed by atoms with Gasteiger partial charge < -0.3 is 9.80 Å². The van der Waals surface area contributed by atoms with Gasteiger partial charge in [-0.25, -0.2) is 13.4 Å². The zero-order chi connectivity index (χ0) is 27.8. The molecular formula is C25H33F3N4O3S2. The van der Waals surface area contributed by atoms with E-state index in [0.29, 0.717) is 60.3 Å². The molecule has 0 aromatic carbocycles. The fourth-order valence-electron chi connectivity index (χ4n) is 4.54. The lowest BCUT2D eigenvalue weighted by Gasteiger charge is -2.38. The van der Waals surface area contributed by atoms with Crippen molar-refractivity contribution in [3.63, 3.8) is 0 Å². The van der Waals surface area contributed by atoms with E-state index in [4.69, 9.17) is 0 Å². The molecule has 0 bridgehead atoms. The zero-order valence-corrected chi connectivity index (χ0v) is 22.9. The largest absolute Gasteiger partial charge is 0.417 e. The first-order valence-corrected chi connectivity index (χ1v) is 15.4. The van der Waals surface area contributed by atoms with Crippen LogP contribution in [0.4, 0.5) is 19.0 Å². The first kappa shape index (κ1) is 28.8. The molecule has 0 spiro atoms. The highest BCUT2D eigenvalue weighted by Crippen LogP contribution is 2.31. The van der Waals surface area contributed by atoms with Crippen molar-refractivity contribution in [1.82, 2.24) is 14.2 Å². The summed E-state index contributed by atoms with van der Waals surface area (Å²) < 4.78 is 78.2. The Morgan fingerprint density at radius 3 is 2.27 bits per heavy atom. The Hall–Kier alpha value is -2.73. The Labute approximate surface area is 217 Å². The summed E-state index contributed by atoms with van der Waals surface area (Å²) in [5.74, 6) is 4.34. The molecule has 3 heterocycles. The van der Waals surface area contributed by atoms with Gasteiger partial charge in [-0.1, -0.05) is 19.2 Å². The van der Waals surface area contributed by atoms with Gasteiger partial charge in [0.15, 0.2) is 0 Å². The molecule has 2 aliphatic rings. The van der Waals surface area contributed by atoms with E-state index >= 15 is 0 Å². The molecule has 0 N–H and O–H groups in total. The van der Waals surface area contributed by atoms with E-state index in [1.165, 1.54) is 16.6 Å². The molecule has 12 heteroatoms. The Morgan fingerprint density at radius 1 is 1.22 bits per heavy atom. The molecule has 3 rings (SSSR count). The molecule has 0 saturated carbocycles. The topological polar surface area (TPSA) is 73.8 Å². The van der Waals surface area contributed by atoms with Crippen molar-refractivity contribution in [2.24, 2.45) is 0 Å². The van der Waals surface area contributed by atoms with Crippen molar-refractivity contribution >= 4 is 31.2 Å². The number of alkyl halides is 3. The van der Waals surface area contributed by atoms with Crippen LogP contribution in [0.5, 0.6) is 0 Å². The highest BCUT2D eigenvalue weighted by atomic mass is 32.2. The summed E-state index contributed by atoms with van der Waals surface area (Å²) in [6.07, 6.45) is 1.52. The summed E-state index contributed by atoms with van der Waals surface area (Å²) in [4.78, 5) is 8.18. The fraction of sp³-hybridized carbons (Fsp3) is 0.440. The van der Waals surface area contributed by atoms with Crippen LogP contribution in [-0.2, 0) is 25.7 Å². The quantitative estimate of drug-likeness (QED) is 0.374. The van der Waals surface area contributed by atoms with Crippen molar-refractivity contribution in [2.45, 2.75) is 32.5 Å². The SMILES string of the molecule is C=C/C(C(=C)N1CCN(c2ccc(C(F)(F)F)cn2)CC1)=C(\C=C(/C)N1[C@H](C)CCS1(=O)=O)S(=C)(C)=O. The standard InChI is InChI=1S/C25H33F3N4O3S2/c1-7-22(23(36(5,6)33)16-19(3)32-18(2)10-15-37(32,34)35)20(4)30-11-13-31(14-12-30)24-9-8-21(17-29-24)25(26,27)28/h7-9,16-18H,1,4-5,10-15H2,2-3,6H3/b19-16+,23-22-/t18-,36?/m1/s1. The number of sulfonamides is 1. The predicted octanol–water partition coefficient (Wildman–Crippen LogP) is 3.85. The second-order valence-electron chi connectivity index (χ2n) is 9.35. The number of aromatic nitrogens is 1. The van der Waals surface area contributed by atoms with Gasteiger partial charge in [0.25, 0.3) is 0 Å². The lowest BCUT2D eigenvalue weighted by atomic mass is 10.1. The third-order valence-corrected chi connectivity index (χ3v) is 9.75. The van der Waals surface area contributed by atoms with Crippen molar-refractivity contribution in [3.8, 4) is 0 Å².